The molecule has 1 aliphatic rings. The van der Waals surface area contributed by atoms with Gasteiger partial charge in [0.05, 0.1) is 0 Å². The second kappa shape index (κ2) is 9.08. The molecule has 7 heteroatoms. The van der Waals surface area contributed by atoms with Gasteiger partial charge < -0.3 is 9.88 Å². The number of hydrogen-bond acceptors (Lipinski definition) is 5. The van der Waals surface area contributed by atoms with Crippen LogP contribution in [-0.2, 0) is 17.9 Å². The molecule has 1 amide bonds. The largest absolute Gasteiger partial charge is 0.326 e. The van der Waals surface area contributed by atoms with Crippen LogP contribution in [0, 0.1) is 20.8 Å². The fourth-order valence-electron chi connectivity index (χ4n) is 3.19. The van der Waals surface area contributed by atoms with E-state index in [9.17, 15) is 9.59 Å². The molecule has 0 atom stereocenters. The summed E-state index contributed by atoms with van der Waals surface area (Å²) < 4.78 is 1.69. The van der Waals surface area contributed by atoms with Crippen LogP contribution >= 0.6 is 23.1 Å². The van der Waals surface area contributed by atoms with E-state index >= 15 is 0 Å². The zero-order chi connectivity index (χ0) is 19.4. The van der Waals surface area contributed by atoms with Crippen LogP contribution in [0.15, 0.2) is 23.0 Å². The molecule has 1 N–H and O–H groups in total. The van der Waals surface area contributed by atoms with Gasteiger partial charge in [-0.2, -0.15) is 11.8 Å². The van der Waals surface area contributed by atoms with Gasteiger partial charge in [-0.1, -0.05) is 23.5 Å². The van der Waals surface area contributed by atoms with Crippen LogP contribution in [0.25, 0.3) is 0 Å². The summed E-state index contributed by atoms with van der Waals surface area (Å²) in [5.41, 5.74) is 4.11. The van der Waals surface area contributed by atoms with Gasteiger partial charge >= 0.3 is 4.87 Å². The van der Waals surface area contributed by atoms with Crippen molar-refractivity contribution in [3.05, 3.63) is 49.6 Å². The Balaban J connectivity index is 1.61. The molecule has 0 aliphatic carbocycles. The smallest absolute Gasteiger partial charge is 0.307 e. The van der Waals surface area contributed by atoms with Crippen molar-refractivity contribution >= 4 is 34.7 Å². The Morgan fingerprint density at radius 3 is 2.59 bits per heavy atom. The van der Waals surface area contributed by atoms with Gasteiger partial charge in [0.25, 0.3) is 0 Å². The standard InChI is InChI=1S/C20H27N3O2S2/c1-14-4-5-17(13-22-8-10-26-11-9-22)12-18(14)21-19(24)6-7-23-15(2)16(3)27-20(23)25/h4-5,12H,6-11,13H2,1-3H3,(H,21,24). The monoisotopic (exact) mass is 405 g/mol. The predicted molar refractivity (Wildman–Crippen MR) is 115 cm³/mol. The average molecular weight is 406 g/mol. The van der Waals surface area contributed by atoms with Gasteiger partial charge in [0.2, 0.25) is 5.91 Å². The fraction of sp³-hybridized carbons (Fsp3) is 0.500. The Morgan fingerprint density at radius 1 is 1.19 bits per heavy atom. The first-order valence-corrected chi connectivity index (χ1v) is 11.3. The molecule has 27 heavy (non-hydrogen) atoms. The normalized spacial score (nSPS) is 15.1. The average Bonchev–Trinajstić information content (AvgIpc) is 2.89. The Morgan fingerprint density at radius 2 is 1.93 bits per heavy atom. The van der Waals surface area contributed by atoms with Crippen molar-refractivity contribution in [3.8, 4) is 0 Å². The number of amides is 1. The topological polar surface area (TPSA) is 54.3 Å². The Kier molecular flexibility index (Phi) is 6.78. The molecular formula is C20H27N3O2S2. The number of carbonyl (C=O) groups is 1. The van der Waals surface area contributed by atoms with E-state index in [2.05, 4.69) is 28.4 Å². The van der Waals surface area contributed by atoms with Gasteiger partial charge in [0.1, 0.15) is 0 Å². The summed E-state index contributed by atoms with van der Waals surface area (Å²) in [6.45, 7) is 9.46. The molecule has 2 heterocycles. The summed E-state index contributed by atoms with van der Waals surface area (Å²) in [4.78, 5) is 27.9. The highest BCUT2D eigenvalue weighted by Gasteiger charge is 2.13. The van der Waals surface area contributed by atoms with E-state index in [-0.39, 0.29) is 10.8 Å². The van der Waals surface area contributed by atoms with Gasteiger partial charge in [0.15, 0.2) is 0 Å². The molecule has 1 aliphatic heterocycles. The molecule has 0 spiro atoms. The van der Waals surface area contributed by atoms with Crippen molar-refractivity contribution in [2.45, 2.75) is 40.3 Å². The minimum atomic E-state index is -0.0558. The first kappa shape index (κ1) is 20.2. The van der Waals surface area contributed by atoms with E-state index in [0.717, 1.165) is 41.5 Å². The molecule has 0 saturated carbocycles. The molecule has 1 saturated heterocycles. The van der Waals surface area contributed by atoms with Gasteiger partial charge in [0, 0.05) is 60.4 Å². The molecule has 0 unspecified atom stereocenters. The number of aryl methyl sites for hydroxylation is 2. The molecule has 0 bridgehead atoms. The Labute approximate surface area is 168 Å². The highest BCUT2D eigenvalue weighted by Crippen LogP contribution is 2.20. The third-order valence-electron chi connectivity index (χ3n) is 5.02. The number of rotatable bonds is 6. The van der Waals surface area contributed by atoms with Crippen LogP contribution in [0.3, 0.4) is 0 Å². The minimum Gasteiger partial charge on any atom is -0.326 e. The number of benzene rings is 1. The quantitative estimate of drug-likeness (QED) is 0.800. The van der Waals surface area contributed by atoms with Gasteiger partial charge in [-0.15, -0.1) is 0 Å². The zero-order valence-corrected chi connectivity index (χ0v) is 17.8. The summed E-state index contributed by atoms with van der Waals surface area (Å²) in [5, 5.41) is 3.03. The minimum absolute atomic E-state index is 0.00988. The van der Waals surface area contributed by atoms with Gasteiger partial charge in [-0.05, 0) is 38.0 Å². The lowest BCUT2D eigenvalue weighted by molar-refractivity contribution is -0.116. The number of hydrogen-bond donors (Lipinski definition) is 1. The Hall–Kier alpha value is -1.57. The molecule has 1 fully saturated rings. The summed E-state index contributed by atoms with van der Waals surface area (Å²) in [5.74, 6) is 2.33. The number of nitrogens with one attached hydrogen (secondary N) is 1. The molecule has 1 aromatic heterocycles. The highest BCUT2D eigenvalue weighted by molar-refractivity contribution is 7.99. The van der Waals surface area contributed by atoms with Gasteiger partial charge in [-0.3, -0.25) is 14.5 Å². The summed E-state index contributed by atoms with van der Waals surface area (Å²) >= 11 is 3.25. The number of nitrogens with zero attached hydrogens (tertiary/aromatic N) is 2. The van der Waals surface area contributed by atoms with Crippen LogP contribution in [0.4, 0.5) is 5.69 Å². The maximum Gasteiger partial charge on any atom is 0.307 e. The molecule has 3 rings (SSSR count). The van der Waals surface area contributed by atoms with Crippen molar-refractivity contribution in [1.29, 1.82) is 0 Å². The van der Waals surface area contributed by atoms with Crippen molar-refractivity contribution < 1.29 is 4.79 Å². The lowest BCUT2D eigenvalue weighted by atomic mass is 10.1. The second-order valence-corrected chi connectivity index (χ2v) is 9.39. The number of thiazole rings is 1. The molecule has 0 radical (unpaired) electrons. The number of carbonyl (C=O) groups excluding carboxylic acids is 1. The van der Waals surface area contributed by atoms with E-state index < -0.39 is 0 Å². The lowest BCUT2D eigenvalue weighted by Gasteiger charge is -2.26. The molecule has 146 valence electrons. The number of aromatic nitrogens is 1. The van der Waals surface area contributed by atoms with Crippen molar-refractivity contribution in [2.75, 3.05) is 29.9 Å². The third kappa shape index (κ3) is 5.24. The van der Waals surface area contributed by atoms with Crippen LogP contribution in [0.2, 0.25) is 0 Å². The Bertz CT molecular complexity index is 867. The van der Waals surface area contributed by atoms with Crippen molar-refractivity contribution in [3.63, 3.8) is 0 Å². The highest BCUT2D eigenvalue weighted by atomic mass is 32.2. The summed E-state index contributed by atoms with van der Waals surface area (Å²) in [6.07, 6.45) is 0.296. The van der Waals surface area contributed by atoms with E-state index in [1.165, 1.54) is 28.4 Å². The number of anilines is 1. The van der Waals surface area contributed by atoms with Crippen LogP contribution in [0.5, 0.6) is 0 Å². The van der Waals surface area contributed by atoms with E-state index in [0.29, 0.717) is 13.0 Å². The molecule has 1 aromatic carbocycles. The van der Waals surface area contributed by atoms with E-state index in [1.54, 1.807) is 4.57 Å². The SMILES string of the molecule is Cc1ccc(CN2CCSCC2)cc1NC(=O)CCn1c(C)c(C)sc1=O. The van der Waals surface area contributed by atoms with Crippen LogP contribution < -0.4 is 10.2 Å². The molecule has 5 nitrogen and oxygen atoms in total. The van der Waals surface area contributed by atoms with E-state index in [1.807, 2.05) is 32.5 Å². The van der Waals surface area contributed by atoms with Gasteiger partial charge in [-0.25, -0.2) is 0 Å². The lowest BCUT2D eigenvalue weighted by Crippen LogP contribution is -2.32. The van der Waals surface area contributed by atoms with Crippen LogP contribution in [0.1, 0.15) is 28.1 Å². The maximum absolute atomic E-state index is 12.4. The summed E-state index contributed by atoms with van der Waals surface area (Å²) in [6, 6.07) is 6.30. The first-order valence-electron chi connectivity index (χ1n) is 9.30. The first-order chi connectivity index (χ1) is 12.9. The fourth-order valence-corrected chi connectivity index (χ4v) is 5.03. The van der Waals surface area contributed by atoms with E-state index in [4.69, 9.17) is 0 Å². The molecule has 2 aromatic rings. The maximum atomic E-state index is 12.4. The summed E-state index contributed by atoms with van der Waals surface area (Å²) in [7, 11) is 0. The number of thioether (sulfide) groups is 1. The predicted octanol–water partition coefficient (Wildman–Crippen LogP) is 3.41. The third-order valence-corrected chi connectivity index (χ3v) is 6.96. The van der Waals surface area contributed by atoms with Crippen LogP contribution in [-0.4, -0.2) is 40.0 Å². The zero-order valence-electron chi connectivity index (χ0n) is 16.2. The second-order valence-electron chi connectivity index (χ2n) is 7.00. The van der Waals surface area contributed by atoms with Crippen molar-refractivity contribution in [1.82, 2.24) is 9.47 Å². The molecular weight excluding hydrogens is 378 g/mol. The van der Waals surface area contributed by atoms with Crippen molar-refractivity contribution in [2.24, 2.45) is 0 Å².